The van der Waals surface area contributed by atoms with Gasteiger partial charge in [0.2, 0.25) is 0 Å². The molecule has 1 aromatic rings. The second kappa shape index (κ2) is 4.93. The van der Waals surface area contributed by atoms with E-state index in [4.69, 9.17) is 0 Å². The Balaban J connectivity index is 2.65. The molecule has 0 aromatic heterocycles. The predicted molar refractivity (Wildman–Crippen MR) is 54.0 cm³/mol. The monoisotopic (exact) mass is 227 g/mol. The first-order valence-corrected chi connectivity index (χ1v) is 6.00. The number of hydrogen-bond donors (Lipinski definition) is 0. The minimum Gasteiger partial charge on any atom is -0.465 e. The molecule has 0 amide bonds. The van der Waals surface area contributed by atoms with Gasteiger partial charge in [0.1, 0.15) is 6.61 Å². The summed E-state index contributed by atoms with van der Waals surface area (Å²) in [5.41, 5.74) is 0. The van der Waals surface area contributed by atoms with E-state index in [1.54, 1.807) is 12.1 Å². The summed E-state index contributed by atoms with van der Waals surface area (Å²) >= 11 is 0. The molecule has 0 heterocycles. The average molecular weight is 227 g/mol. The SMILES string of the molecule is CC(=O)OCCS(=O)(=O)c1c[c]ccc1. The zero-order chi connectivity index (χ0) is 11.3. The van der Waals surface area contributed by atoms with Gasteiger partial charge in [-0.2, -0.15) is 0 Å². The van der Waals surface area contributed by atoms with Crippen molar-refractivity contribution in [3.8, 4) is 0 Å². The maximum Gasteiger partial charge on any atom is 0.302 e. The van der Waals surface area contributed by atoms with Crippen molar-refractivity contribution in [2.75, 3.05) is 12.4 Å². The third-order valence-electron chi connectivity index (χ3n) is 1.70. The van der Waals surface area contributed by atoms with Gasteiger partial charge in [0.25, 0.3) is 0 Å². The lowest BCUT2D eigenvalue weighted by Gasteiger charge is -2.03. The van der Waals surface area contributed by atoms with Crippen LogP contribution < -0.4 is 0 Å². The molecule has 0 N–H and O–H groups in total. The van der Waals surface area contributed by atoms with Crippen molar-refractivity contribution in [3.05, 3.63) is 30.3 Å². The lowest BCUT2D eigenvalue weighted by Crippen LogP contribution is -2.14. The summed E-state index contributed by atoms with van der Waals surface area (Å²) in [6, 6.07) is 8.77. The van der Waals surface area contributed by atoms with E-state index in [-0.39, 0.29) is 17.3 Å². The molecule has 0 aliphatic carbocycles. The Morgan fingerprint density at radius 1 is 1.53 bits per heavy atom. The van der Waals surface area contributed by atoms with Crippen molar-refractivity contribution in [1.82, 2.24) is 0 Å². The van der Waals surface area contributed by atoms with Gasteiger partial charge in [-0.05, 0) is 18.2 Å². The van der Waals surface area contributed by atoms with E-state index in [2.05, 4.69) is 10.8 Å². The van der Waals surface area contributed by atoms with Crippen molar-refractivity contribution in [3.63, 3.8) is 0 Å². The fourth-order valence-corrected chi connectivity index (χ4v) is 2.06. The fourth-order valence-electron chi connectivity index (χ4n) is 0.983. The molecule has 0 saturated carbocycles. The summed E-state index contributed by atoms with van der Waals surface area (Å²) in [6.45, 7) is 1.12. The zero-order valence-corrected chi connectivity index (χ0v) is 9.08. The van der Waals surface area contributed by atoms with Crippen LogP contribution in [0.2, 0.25) is 0 Å². The third-order valence-corrected chi connectivity index (χ3v) is 3.37. The van der Waals surface area contributed by atoms with E-state index in [1.165, 1.54) is 19.1 Å². The van der Waals surface area contributed by atoms with E-state index in [9.17, 15) is 13.2 Å². The highest BCUT2D eigenvalue weighted by Gasteiger charge is 2.13. The summed E-state index contributed by atoms with van der Waals surface area (Å²) in [5.74, 6) is -0.686. The van der Waals surface area contributed by atoms with Crippen molar-refractivity contribution in [2.24, 2.45) is 0 Å². The van der Waals surface area contributed by atoms with Crippen molar-refractivity contribution >= 4 is 15.8 Å². The van der Waals surface area contributed by atoms with Gasteiger partial charge in [0.05, 0.1) is 10.6 Å². The minimum atomic E-state index is -3.36. The van der Waals surface area contributed by atoms with Crippen LogP contribution in [0.1, 0.15) is 6.92 Å². The van der Waals surface area contributed by atoms with Gasteiger partial charge in [0, 0.05) is 6.92 Å². The number of esters is 1. The summed E-state index contributed by atoms with van der Waals surface area (Å²) in [6.07, 6.45) is 0. The van der Waals surface area contributed by atoms with Crippen LogP contribution in [0.15, 0.2) is 29.2 Å². The largest absolute Gasteiger partial charge is 0.465 e. The molecule has 1 aromatic carbocycles. The molecule has 4 nitrogen and oxygen atoms in total. The first-order chi connectivity index (χ1) is 7.02. The molecule has 1 rings (SSSR count). The van der Waals surface area contributed by atoms with Gasteiger partial charge in [-0.1, -0.05) is 12.1 Å². The topological polar surface area (TPSA) is 60.4 Å². The average Bonchev–Trinajstić information content (AvgIpc) is 2.18. The molecule has 0 atom stereocenters. The Kier molecular flexibility index (Phi) is 3.85. The smallest absolute Gasteiger partial charge is 0.302 e. The van der Waals surface area contributed by atoms with Crippen LogP contribution in [0.3, 0.4) is 0 Å². The molecule has 0 aliphatic rings. The highest BCUT2D eigenvalue weighted by Crippen LogP contribution is 2.09. The van der Waals surface area contributed by atoms with Crippen molar-refractivity contribution < 1.29 is 17.9 Å². The van der Waals surface area contributed by atoms with Crippen LogP contribution in [0, 0.1) is 6.07 Å². The highest BCUT2D eigenvalue weighted by molar-refractivity contribution is 7.91. The van der Waals surface area contributed by atoms with Gasteiger partial charge >= 0.3 is 5.97 Å². The fraction of sp³-hybridized carbons (Fsp3) is 0.300. The number of carbonyl (C=O) groups is 1. The van der Waals surface area contributed by atoms with Crippen molar-refractivity contribution in [2.45, 2.75) is 11.8 Å². The van der Waals surface area contributed by atoms with Gasteiger partial charge in [-0.3, -0.25) is 4.79 Å². The predicted octanol–water partition coefficient (Wildman–Crippen LogP) is 0.824. The van der Waals surface area contributed by atoms with Crippen LogP contribution in [-0.2, 0) is 19.4 Å². The molecule has 0 spiro atoms. The molecular weight excluding hydrogens is 216 g/mol. The molecular formula is C10H11O4S. The Bertz CT molecular complexity index is 422. The molecule has 0 bridgehead atoms. The second-order valence-electron chi connectivity index (χ2n) is 2.90. The van der Waals surface area contributed by atoms with Crippen LogP contribution in [0.4, 0.5) is 0 Å². The maximum atomic E-state index is 11.6. The standard InChI is InChI=1S/C10H11O4S/c1-9(11)14-7-8-15(12,13)10-5-3-2-4-6-10/h2-3,5-6H,7-8H2,1H3. The normalized spacial score (nSPS) is 11.0. The Morgan fingerprint density at radius 3 is 2.80 bits per heavy atom. The van der Waals surface area contributed by atoms with Crippen LogP contribution in [-0.4, -0.2) is 26.7 Å². The van der Waals surface area contributed by atoms with E-state index >= 15 is 0 Å². The molecule has 0 unspecified atom stereocenters. The quantitative estimate of drug-likeness (QED) is 0.715. The number of benzene rings is 1. The molecule has 0 saturated heterocycles. The van der Waals surface area contributed by atoms with Gasteiger partial charge in [-0.25, -0.2) is 8.42 Å². The van der Waals surface area contributed by atoms with E-state index in [0.29, 0.717) is 0 Å². The lowest BCUT2D eigenvalue weighted by atomic mass is 10.4. The number of hydrogen-bond acceptors (Lipinski definition) is 4. The molecule has 0 fully saturated rings. The number of sulfone groups is 1. The molecule has 15 heavy (non-hydrogen) atoms. The molecule has 0 aliphatic heterocycles. The van der Waals surface area contributed by atoms with Crippen LogP contribution >= 0.6 is 0 Å². The third kappa shape index (κ3) is 3.71. The first kappa shape index (κ1) is 11.7. The zero-order valence-electron chi connectivity index (χ0n) is 8.26. The Morgan fingerprint density at radius 2 is 2.27 bits per heavy atom. The van der Waals surface area contributed by atoms with E-state index in [1.807, 2.05) is 0 Å². The highest BCUT2D eigenvalue weighted by atomic mass is 32.2. The Labute approximate surface area is 88.8 Å². The maximum absolute atomic E-state index is 11.6. The number of ether oxygens (including phenoxy) is 1. The first-order valence-electron chi connectivity index (χ1n) is 4.34. The van der Waals surface area contributed by atoms with Gasteiger partial charge in [-0.15, -0.1) is 0 Å². The number of rotatable bonds is 4. The summed E-state index contributed by atoms with van der Waals surface area (Å²) in [4.78, 5) is 10.6. The minimum absolute atomic E-state index is 0.118. The molecule has 1 radical (unpaired) electrons. The van der Waals surface area contributed by atoms with Crippen LogP contribution in [0.5, 0.6) is 0 Å². The van der Waals surface area contributed by atoms with Gasteiger partial charge < -0.3 is 4.74 Å². The summed E-state index contributed by atoms with van der Waals surface area (Å²) < 4.78 is 27.8. The van der Waals surface area contributed by atoms with E-state index in [0.717, 1.165) is 0 Å². The molecule has 81 valence electrons. The van der Waals surface area contributed by atoms with Crippen LogP contribution in [0.25, 0.3) is 0 Å². The Hall–Kier alpha value is -1.36. The lowest BCUT2D eigenvalue weighted by molar-refractivity contribution is -0.140. The van der Waals surface area contributed by atoms with Crippen molar-refractivity contribution in [1.29, 1.82) is 0 Å². The van der Waals surface area contributed by atoms with Gasteiger partial charge in [0.15, 0.2) is 9.84 Å². The van der Waals surface area contributed by atoms with E-state index < -0.39 is 15.8 Å². The summed E-state index contributed by atoms with van der Waals surface area (Å²) in [5, 5.41) is 0. The summed E-state index contributed by atoms with van der Waals surface area (Å²) in [7, 11) is -3.36. The second-order valence-corrected chi connectivity index (χ2v) is 5.01. The molecule has 5 heteroatoms. The number of carbonyl (C=O) groups excluding carboxylic acids is 1.